The molecule has 0 saturated heterocycles. The van der Waals surface area contributed by atoms with Crippen LogP contribution in [0.4, 0.5) is 10.5 Å². The van der Waals surface area contributed by atoms with Crippen LogP contribution in [-0.4, -0.2) is 17.6 Å². The number of hydrogen-bond donors (Lipinski definition) is 2. The van der Waals surface area contributed by atoms with Gasteiger partial charge >= 0.3 is 6.03 Å². The first-order valence-electron chi connectivity index (χ1n) is 7.91. The predicted octanol–water partition coefficient (Wildman–Crippen LogP) is 3.09. The number of carbonyl (C=O) groups excluding carboxylic acids is 1. The molecule has 21 heavy (non-hydrogen) atoms. The Labute approximate surface area is 125 Å². The molecule has 2 amide bonds. The summed E-state index contributed by atoms with van der Waals surface area (Å²) in [6.45, 7) is 2.90. The first-order valence-corrected chi connectivity index (χ1v) is 7.91. The zero-order valence-corrected chi connectivity index (χ0v) is 12.4. The number of aryl methyl sites for hydroxylation is 2. The highest BCUT2D eigenvalue weighted by atomic mass is 16.2. The van der Waals surface area contributed by atoms with Gasteiger partial charge in [0.25, 0.3) is 0 Å². The number of nitrogens with zero attached hydrogens (tertiary/aromatic N) is 1. The Morgan fingerprint density at radius 2 is 2.24 bits per heavy atom. The summed E-state index contributed by atoms with van der Waals surface area (Å²) in [5.74, 6) is 0.547. The summed E-state index contributed by atoms with van der Waals surface area (Å²) < 4.78 is 0. The van der Waals surface area contributed by atoms with Crippen LogP contribution >= 0.6 is 0 Å². The Balaban J connectivity index is 1.72. The van der Waals surface area contributed by atoms with E-state index in [0.717, 1.165) is 24.9 Å². The zero-order valence-electron chi connectivity index (χ0n) is 12.4. The largest absolute Gasteiger partial charge is 0.340 e. The normalized spacial score (nSPS) is 22.1. The van der Waals surface area contributed by atoms with Gasteiger partial charge in [-0.2, -0.15) is 0 Å². The van der Waals surface area contributed by atoms with E-state index in [4.69, 9.17) is 0 Å². The number of amides is 2. The molecule has 1 aromatic carbocycles. The van der Waals surface area contributed by atoms with Crippen molar-refractivity contribution < 1.29 is 4.79 Å². The van der Waals surface area contributed by atoms with Gasteiger partial charge in [-0.3, -0.25) is 0 Å². The lowest BCUT2D eigenvalue weighted by Crippen LogP contribution is -2.40. The van der Waals surface area contributed by atoms with Crippen molar-refractivity contribution in [1.82, 2.24) is 10.4 Å². The monoisotopic (exact) mass is 283 g/mol. The van der Waals surface area contributed by atoms with Crippen molar-refractivity contribution >= 4 is 11.7 Å². The molecule has 4 heteroatoms. The van der Waals surface area contributed by atoms with E-state index in [2.05, 4.69) is 23.7 Å². The summed E-state index contributed by atoms with van der Waals surface area (Å²) >= 11 is 0. The maximum Gasteiger partial charge on any atom is 0.340 e. The van der Waals surface area contributed by atoms with Crippen LogP contribution in [0.1, 0.15) is 47.9 Å². The summed E-state index contributed by atoms with van der Waals surface area (Å²) in [7, 11) is 0. The van der Waals surface area contributed by atoms with Gasteiger partial charge in [0.1, 0.15) is 0 Å². The standard InChI is InChI=1S/C17H21N3O/c1-11-6-7-13-10-12-4-2-5-14(12)16(15(11)13)19-17(21)20-9-3-8-18-20/h3,8,10-11,18H,2,4-7,9H2,1H3,(H,19,21). The molecule has 0 saturated carbocycles. The average molecular weight is 283 g/mol. The van der Waals surface area contributed by atoms with E-state index in [1.807, 2.05) is 12.3 Å². The summed E-state index contributed by atoms with van der Waals surface area (Å²) in [6.07, 6.45) is 9.56. The van der Waals surface area contributed by atoms with Crippen LogP contribution in [0.3, 0.4) is 0 Å². The molecule has 3 aliphatic rings. The number of urea groups is 1. The van der Waals surface area contributed by atoms with E-state index in [0.29, 0.717) is 12.5 Å². The minimum Gasteiger partial charge on any atom is -0.306 e. The summed E-state index contributed by atoms with van der Waals surface area (Å²) in [6, 6.07) is 2.34. The lowest BCUT2D eigenvalue weighted by molar-refractivity contribution is 0.208. The third kappa shape index (κ3) is 2.01. The van der Waals surface area contributed by atoms with Crippen LogP contribution in [0.2, 0.25) is 0 Å². The molecule has 1 heterocycles. The third-order valence-electron chi connectivity index (χ3n) is 4.98. The third-order valence-corrected chi connectivity index (χ3v) is 4.98. The second-order valence-electron chi connectivity index (χ2n) is 6.33. The van der Waals surface area contributed by atoms with E-state index in [1.54, 1.807) is 5.01 Å². The van der Waals surface area contributed by atoms with Crippen molar-refractivity contribution in [3.8, 4) is 0 Å². The number of fused-ring (bicyclic) bond motifs is 2. The van der Waals surface area contributed by atoms with Crippen LogP contribution in [0.15, 0.2) is 18.3 Å². The molecule has 1 atom stereocenters. The molecule has 2 aliphatic carbocycles. The molecule has 1 aliphatic heterocycles. The minimum absolute atomic E-state index is 0.0541. The van der Waals surface area contributed by atoms with Crippen LogP contribution in [0.5, 0.6) is 0 Å². The lowest BCUT2D eigenvalue weighted by atomic mass is 9.95. The highest BCUT2D eigenvalue weighted by Crippen LogP contribution is 2.43. The first-order chi connectivity index (χ1) is 10.2. The van der Waals surface area contributed by atoms with Gasteiger partial charge in [0.15, 0.2) is 0 Å². The van der Waals surface area contributed by atoms with Gasteiger partial charge in [0.2, 0.25) is 0 Å². The molecule has 1 aromatic rings. The number of hydrazine groups is 1. The van der Waals surface area contributed by atoms with Crippen molar-refractivity contribution in [3.63, 3.8) is 0 Å². The Bertz CT molecular complexity index is 627. The first kappa shape index (κ1) is 12.7. The lowest BCUT2D eigenvalue weighted by Gasteiger charge is -2.22. The molecule has 2 N–H and O–H groups in total. The molecule has 110 valence electrons. The van der Waals surface area contributed by atoms with Gasteiger partial charge in [0.05, 0.1) is 6.54 Å². The van der Waals surface area contributed by atoms with Crippen molar-refractivity contribution in [2.45, 2.75) is 44.9 Å². The molecule has 0 spiro atoms. The molecule has 0 bridgehead atoms. The van der Waals surface area contributed by atoms with Gasteiger partial charge in [-0.1, -0.05) is 13.0 Å². The van der Waals surface area contributed by atoms with Crippen molar-refractivity contribution in [2.24, 2.45) is 0 Å². The van der Waals surface area contributed by atoms with Gasteiger partial charge in [0, 0.05) is 11.9 Å². The van der Waals surface area contributed by atoms with Crippen molar-refractivity contribution in [1.29, 1.82) is 0 Å². The second kappa shape index (κ2) is 4.79. The Morgan fingerprint density at radius 1 is 1.33 bits per heavy atom. The Morgan fingerprint density at radius 3 is 3.05 bits per heavy atom. The van der Waals surface area contributed by atoms with Crippen molar-refractivity contribution in [3.05, 3.63) is 40.6 Å². The fraction of sp³-hybridized carbons (Fsp3) is 0.471. The van der Waals surface area contributed by atoms with E-state index in [1.165, 1.54) is 35.1 Å². The highest BCUT2D eigenvalue weighted by molar-refractivity contribution is 5.92. The van der Waals surface area contributed by atoms with Crippen LogP contribution < -0.4 is 10.7 Å². The van der Waals surface area contributed by atoms with Crippen LogP contribution in [0, 0.1) is 0 Å². The van der Waals surface area contributed by atoms with Gasteiger partial charge in [-0.15, -0.1) is 0 Å². The summed E-state index contributed by atoms with van der Waals surface area (Å²) in [4.78, 5) is 12.4. The average Bonchev–Trinajstić information content (AvgIpc) is 3.19. The quantitative estimate of drug-likeness (QED) is 0.832. The number of anilines is 1. The molecular weight excluding hydrogens is 262 g/mol. The van der Waals surface area contributed by atoms with E-state index in [-0.39, 0.29) is 6.03 Å². The number of carbonyl (C=O) groups is 1. The molecular formula is C17H21N3O. The molecule has 0 radical (unpaired) electrons. The maximum absolute atomic E-state index is 12.4. The predicted molar refractivity (Wildman–Crippen MR) is 83.2 cm³/mol. The molecule has 4 nitrogen and oxygen atoms in total. The van der Waals surface area contributed by atoms with Gasteiger partial charge < -0.3 is 10.7 Å². The smallest absolute Gasteiger partial charge is 0.306 e. The van der Waals surface area contributed by atoms with Crippen LogP contribution in [0.25, 0.3) is 0 Å². The van der Waals surface area contributed by atoms with Gasteiger partial charge in [-0.25, -0.2) is 9.80 Å². The van der Waals surface area contributed by atoms with Crippen LogP contribution in [-0.2, 0) is 19.3 Å². The van der Waals surface area contributed by atoms with E-state index >= 15 is 0 Å². The SMILES string of the molecule is CC1CCc2cc3c(c(NC(=O)N4CC=CN4)c21)CCC3. The fourth-order valence-electron chi connectivity index (χ4n) is 3.92. The Hall–Kier alpha value is -1.97. The van der Waals surface area contributed by atoms with Gasteiger partial charge in [-0.05, 0) is 66.4 Å². The number of rotatable bonds is 1. The number of benzene rings is 1. The number of nitrogens with one attached hydrogen (secondary N) is 2. The minimum atomic E-state index is -0.0541. The molecule has 1 unspecified atom stereocenters. The second-order valence-corrected chi connectivity index (χ2v) is 6.33. The Kier molecular flexibility index (Phi) is 2.91. The summed E-state index contributed by atoms with van der Waals surface area (Å²) in [5, 5.41) is 4.81. The highest BCUT2D eigenvalue weighted by Gasteiger charge is 2.29. The van der Waals surface area contributed by atoms with Crippen molar-refractivity contribution in [2.75, 3.05) is 11.9 Å². The summed E-state index contributed by atoms with van der Waals surface area (Å²) in [5.41, 5.74) is 9.74. The zero-order chi connectivity index (χ0) is 14.4. The molecule has 0 fully saturated rings. The fourth-order valence-corrected chi connectivity index (χ4v) is 3.92. The molecule has 4 rings (SSSR count). The molecule has 0 aromatic heterocycles. The van der Waals surface area contributed by atoms with E-state index < -0.39 is 0 Å². The van der Waals surface area contributed by atoms with E-state index in [9.17, 15) is 4.79 Å². The topological polar surface area (TPSA) is 44.4 Å². The number of hydrogen-bond acceptors (Lipinski definition) is 2. The maximum atomic E-state index is 12.4.